The minimum atomic E-state index is -0.0364. The van der Waals surface area contributed by atoms with Crippen molar-refractivity contribution >= 4 is 12.3 Å². The molecule has 1 aliphatic rings. The van der Waals surface area contributed by atoms with Gasteiger partial charge < -0.3 is 24.5 Å². The smallest absolute Gasteiger partial charge is 0.259 e. The number of nitrogens with zero attached hydrogens (tertiary/aromatic N) is 1. The average molecular weight is 356 g/mol. The number of pyridine rings is 1. The number of aryl methyl sites for hydroxylation is 1. The van der Waals surface area contributed by atoms with Gasteiger partial charge in [0.05, 0.1) is 19.4 Å². The first-order valence-corrected chi connectivity index (χ1v) is 8.60. The highest BCUT2D eigenvalue weighted by Gasteiger charge is 2.15. The lowest BCUT2D eigenvalue weighted by Crippen LogP contribution is -2.48. The molecule has 1 aliphatic heterocycles. The van der Waals surface area contributed by atoms with E-state index >= 15 is 0 Å². The summed E-state index contributed by atoms with van der Waals surface area (Å²) in [7, 11) is 5.00. The molecule has 0 atom stereocenters. The zero-order valence-corrected chi connectivity index (χ0v) is 15.3. The molecule has 2 heterocycles. The number of benzene rings is 1. The summed E-state index contributed by atoms with van der Waals surface area (Å²) in [6.45, 7) is 0.788. The van der Waals surface area contributed by atoms with Crippen molar-refractivity contribution in [2.75, 3.05) is 27.4 Å². The Balaban J connectivity index is 2.26. The van der Waals surface area contributed by atoms with E-state index in [4.69, 9.17) is 14.6 Å². The molecule has 6 nitrogen and oxygen atoms in total. The zero-order valence-electron chi connectivity index (χ0n) is 15.3. The molecule has 0 aliphatic carbocycles. The first-order valence-electron chi connectivity index (χ1n) is 8.60. The summed E-state index contributed by atoms with van der Waals surface area (Å²) in [4.78, 5) is 12.4. The van der Waals surface area contributed by atoms with E-state index in [0.717, 1.165) is 21.9 Å². The fourth-order valence-corrected chi connectivity index (χ4v) is 3.33. The lowest BCUT2D eigenvalue weighted by Gasteiger charge is -2.17. The molecule has 1 aromatic heterocycles. The van der Waals surface area contributed by atoms with Crippen molar-refractivity contribution < 1.29 is 14.6 Å². The van der Waals surface area contributed by atoms with E-state index in [0.29, 0.717) is 36.1 Å². The summed E-state index contributed by atoms with van der Waals surface area (Å²) in [6.07, 6.45) is 6.93. The molecular weight excluding hydrogens is 332 g/mol. The fourth-order valence-electron chi connectivity index (χ4n) is 3.33. The van der Waals surface area contributed by atoms with Crippen LogP contribution in [0.2, 0.25) is 0 Å². The summed E-state index contributed by atoms with van der Waals surface area (Å²) in [6, 6.07) is 3.93. The van der Waals surface area contributed by atoms with Crippen LogP contribution in [0.5, 0.6) is 11.5 Å². The molecule has 6 heteroatoms. The molecule has 0 radical (unpaired) electrons. The Bertz CT molecular complexity index is 967. The molecule has 1 aromatic carbocycles. The first-order chi connectivity index (χ1) is 12.6. The summed E-state index contributed by atoms with van der Waals surface area (Å²) >= 11 is 0. The number of nitrogens with one attached hydrogen (secondary N) is 1. The minimum Gasteiger partial charge on any atom is -0.496 e. The van der Waals surface area contributed by atoms with Crippen LogP contribution in [0.1, 0.15) is 12.0 Å². The van der Waals surface area contributed by atoms with E-state index in [9.17, 15) is 4.79 Å². The molecule has 0 amide bonds. The van der Waals surface area contributed by atoms with Gasteiger partial charge in [-0.15, -0.1) is 0 Å². The van der Waals surface area contributed by atoms with Crippen molar-refractivity contribution in [2.45, 2.75) is 12.8 Å². The number of fused-ring (bicyclic) bond motifs is 1. The molecule has 2 N–H and O–H groups in total. The van der Waals surface area contributed by atoms with Crippen LogP contribution in [0.3, 0.4) is 0 Å². The van der Waals surface area contributed by atoms with Gasteiger partial charge in [0.25, 0.3) is 5.56 Å². The monoisotopic (exact) mass is 356 g/mol. The number of ether oxygens (including phenoxy) is 2. The number of hydrogen-bond donors (Lipinski definition) is 2. The van der Waals surface area contributed by atoms with Gasteiger partial charge in [-0.05, 0) is 35.8 Å². The van der Waals surface area contributed by atoms with E-state index in [1.807, 2.05) is 24.4 Å². The molecule has 0 bridgehead atoms. The normalized spacial score (nSPS) is 12.5. The van der Waals surface area contributed by atoms with Crippen LogP contribution in [0.25, 0.3) is 23.4 Å². The summed E-state index contributed by atoms with van der Waals surface area (Å²) < 4.78 is 12.8. The van der Waals surface area contributed by atoms with Crippen molar-refractivity contribution in [3.63, 3.8) is 0 Å². The van der Waals surface area contributed by atoms with Crippen LogP contribution in [0.15, 0.2) is 23.1 Å². The van der Waals surface area contributed by atoms with Crippen LogP contribution in [0, 0.1) is 0 Å². The van der Waals surface area contributed by atoms with Crippen molar-refractivity contribution in [1.29, 1.82) is 0 Å². The number of rotatable bonds is 6. The highest BCUT2D eigenvalue weighted by Crippen LogP contribution is 2.34. The number of aliphatic hydroxyl groups excluding tert-OH is 1. The minimum absolute atomic E-state index is 0.0364. The molecule has 26 heavy (non-hydrogen) atoms. The van der Waals surface area contributed by atoms with Gasteiger partial charge >= 0.3 is 0 Å². The number of hydrogen-bond acceptors (Lipinski definition) is 5. The summed E-state index contributed by atoms with van der Waals surface area (Å²) in [5.41, 5.74) is 2.77. The molecule has 0 spiro atoms. The van der Waals surface area contributed by atoms with Crippen LogP contribution in [-0.4, -0.2) is 37.0 Å². The Hall–Kier alpha value is -2.73. The lowest BCUT2D eigenvalue weighted by molar-refractivity contribution is 0.286. The van der Waals surface area contributed by atoms with Crippen LogP contribution in [-0.2, 0) is 13.5 Å². The fraction of sp³-hybridized carbons (Fsp3) is 0.350. The topological polar surface area (TPSA) is 72.7 Å². The number of aliphatic hydroxyl groups is 1. The predicted molar refractivity (Wildman–Crippen MR) is 102 cm³/mol. The second-order valence-corrected chi connectivity index (χ2v) is 6.23. The zero-order chi connectivity index (χ0) is 18.7. The molecule has 0 fully saturated rings. The Kier molecular flexibility index (Phi) is 5.32. The van der Waals surface area contributed by atoms with Crippen LogP contribution >= 0.6 is 0 Å². The van der Waals surface area contributed by atoms with Gasteiger partial charge in [-0.25, -0.2) is 0 Å². The number of aromatic nitrogens is 1. The first kappa shape index (κ1) is 18.1. The lowest BCUT2D eigenvalue weighted by atomic mass is 9.98. The van der Waals surface area contributed by atoms with Gasteiger partial charge in [-0.3, -0.25) is 4.79 Å². The van der Waals surface area contributed by atoms with E-state index in [1.165, 1.54) is 0 Å². The largest absolute Gasteiger partial charge is 0.496 e. The number of methoxy groups -OCH3 is 2. The second-order valence-electron chi connectivity index (χ2n) is 6.23. The Morgan fingerprint density at radius 3 is 2.50 bits per heavy atom. The molecule has 0 saturated heterocycles. The van der Waals surface area contributed by atoms with Gasteiger partial charge in [-0.1, -0.05) is 6.08 Å². The third-order valence-electron chi connectivity index (χ3n) is 4.63. The van der Waals surface area contributed by atoms with E-state index < -0.39 is 0 Å². The maximum absolute atomic E-state index is 12.4. The third kappa shape index (κ3) is 3.20. The standard InChI is InChI=1S/C20H24N2O4/c1-22-12-17(14-6-7-21-11-16(14)20(22)24)13-9-18(25-2)15(5-4-8-23)19(10-13)26-3/h6,9-12,21,23H,4-5,7-8H2,1-3H3. The van der Waals surface area contributed by atoms with Crippen molar-refractivity contribution in [3.8, 4) is 22.6 Å². The maximum Gasteiger partial charge on any atom is 0.259 e. The van der Waals surface area contributed by atoms with E-state index in [2.05, 4.69) is 5.32 Å². The van der Waals surface area contributed by atoms with E-state index in [-0.39, 0.29) is 12.2 Å². The maximum atomic E-state index is 12.4. The van der Waals surface area contributed by atoms with Gasteiger partial charge in [0.2, 0.25) is 0 Å². The highest BCUT2D eigenvalue weighted by molar-refractivity contribution is 5.71. The van der Waals surface area contributed by atoms with E-state index in [1.54, 1.807) is 32.0 Å². The Labute approximate surface area is 152 Å². The van der Waals surface area contributed by atoms with Crippen molar-refractivity contribution in [3.05, 3.63) is 44.7 Å². The summed E-state index contributed by atoms with van der Waals surface area (Å²) in [5.74, 6) is 1.43. The average Bonchev–Trinajstić information content (AvgIpc) is 2.68. The predicted octanol–water partition coefficient (Wildman–Crippen LogP) is 0.116. The summed E-state index contributed by atoms with van der Waals surface area (Å²) in [5, 5.41) is 13.8. The molecule has 3 rings (SSSR count). The van der Waals surface area contributed by atoms with Crippen LogP contribution < -0.4 is 30.8 Å². The molecular formula is C20H24N2O4. The van der Waals surface area contributed by atoms with Crippen LogP contribution in [0.4, 0.5) is 0 Å². The quantitative estimate of drug-likeness (QED) is 0.769. The van der Waals surface area contributed by atoms with Gasteiger partial charge in [-0.2, -0.15) is 0 Å². The molecule has 2 aromatic rings. The molecule has 0 saturated carbocycles. The van der Waals surface area contributed by atoms with Gasteiger partial charge in [0, 0.05) is 43.7 Å². The van der Waals surface area contributed by atoms with Crippen molar-refractivity contribution in [2.24, 2.45) is 7.05 Å². The van der Waals surface area contributed by atoms with Gasteiger partial charge in [0.15, 0.2) is 0 Å². The molecule has 138 valence electrons. The van der Waals surface area contributed by atoms with Gasteiger partial charge in [0.1, 0.15) is 11.5 Å². The Morgan fingerprint density at radius 1 is 1.19 bits per heavy atom. The molecule has 0 unspecified atom stereocenters. The highest BCUT2D eigenvalue weighted by atomic mass is 16.5. The van der Waals surface area contributed by atoms with Crippen molar-refractivity contribution in [1.82, 2.24) is 9.88 Å². The third-order valence-corrected chi connectivity index (χ3v) is 4.63. The SMILES string of the molecule is COc1cc(-c2cn(C)c(=O)c3c2=CCNC=3)cc(OC)c1CCCO. The Morgan fingerprint density at radius 2 is 1.88 bits per heavy atom. The second kappa shape index (κ2) is 7.66.